The zero-order chi connectivity index (χ0) is 15.6. The number of aromatic nitrogens is 1. The highest BCUT2D eigenvalue weighted by Gasteiger charge is 2.27. The number of hydrogen-bond acceptors (Lipinski definition) is 4. The molecule has 6 heteroatoms. The summed E-state index contributed by atoms with van der Waals surface area (Å²) in [6, 6.07) is 2.02. The first-order chi connectivity index (χ1) is 9.76. The molecule has 0 bridgehead atoms. The number of ether oxygens (including phenoxy) is 1. The summed E-state index contributed by atoms with van der Waals surface area (Å²) in [5, 5.41) is 0. The molecule has 1 amide bonds. The molecule has 2 N–H and O–H groups in total. The van der Waals surface area contributed by atoms with Crippen LogP contribution in [0.4, 0.5) is 10.6 Å². The van der Waals surface area contributed by atoms with Crippen LogP contribution in [0.5, 0.6) is 0 Å². The quantitative estimate of drug-likeness (QED) is 0.836. The summed E-state index contributed by atoms with van der Waals surface area (Å²) < 4.78 is 6.23. The lowest BCUT2D eigenvalue weighted by molar-refractivity contribution is 0.0205. The van der Waals surface area contributed by atoms with Gasteiger partial charge < -0.3 is 15.4 Å². The maximum Gasteiger partial charge on any atom is 0.410 e. The number of pyridine rings is 1. The molecule has 21 heavy (non-hydrogen) atoms. The van der Waals surface area contributed by atoms with Crippen LogP contribution in [0, 0.1) is 0 Å². The smallest absolute Gasteiger partial charge is 0.410 e. The molecule has 0 radical (unpaired) electrons. The summed E-state index contributed by atoms with van der Waals surface area (Å²) >= 11 is 3.41. The average molecular weight is 356 g/mol. The second-order valence-electron chi connectivity index (χ2n) is 6.38. The highest BCUT2D eigenvalue weighted by atomic mass is 79.9. The van der Waals surface area contributed by atoms with Crippen LogP contribution in [0.25, 0.3) is 0 Å². The summed E-state index contributed by atoms with van der Waals surface area (Å²) in [5.74, 6) is 0.915. The predicted octanol–water partition coefficient (Wildman–Crippen LogP) is 3.54. The van der Waals surface area contributed by atoms with Crippen molar-refractivity contribution in [1.82, 2.24) is 9.88 Å². The van der Waals surface area contributed by atoms with Crippen molar-refractivity contribution in [3.8, 4) is 0 Å². The number of piperidine rings is 1. The molecular weight excluding hydrogens is 334 g/mol. The molecule has 2 heterocycles. The zero-order valence-corrected chi connectivity index (χ0v) is 14.3. The molecule has 1 aliphatic rings. The number of carbonyl (C=O) groups is 1. The van der Waals surface area contributed by atoms with Crippen molar-refractivity contribution in [3.63, 3.8) is 0 Å². The van der Waals surface area contributed by atoms with E-state index in [2.05, 4.69) is 20.9 Å². The molecule has 0 atom stereocenters. The van der Waals surface area contributed by atoms with E-state index < -0.39 is 5.60 Å². The molecule has 1 saturated heterocycles. The largest absolute Gasteiger partial charge is 0.444 e. The number of hydrogen-bond donors (Lipinski definition) is 1. The fraction of sp³-hybridized carbons (Fsp3) is 0.600. The van der Waals surface area contributed by atoms with E-state index in [1.165, 1.54) is 5.56 Å². The lowest BCUT2D eigenvalue weighted by Gasteiger charge is -2.33. The number of carbonyl (C=O) groups excluding carboxylic acids is 1. The fourth-order valence-corrected chi connectivity index (χ4v) is 2.78. The Labute approximate surface area is 134 Å². The van der Waals surface area contributed by atoms with Crippen LogP contribution in [0.1, 0.15) is 45.1 Å². The number of likely N-dealkylation sites (tertiary alicyclic amines) is 1. The molecule has 1 aromatic rings. The number of amides is 1. The van der Waals surface area contributed by atoms with E-state index in [0.29, 0.717) is 24.8 Å². The minimum absolute atomic E-state index is 0.224. The first kappa shape index (κ1) is 16.1. The van der Waals surface area contributed by atoms with Gasteiger partial charge in [-0.25, -0.2) is 9.78 Å². The normalized spacial score (nSPS) is 16.9. The van der Waals surface area contributed by atoms with Gasteiger partial charge in [-0.2, -0.15) is 0 Å². The molecule has 1 aliphatic heterocycles. The summed E-state index contributed by atoms with van der Waals surface area (Å²) in [5.41, 5.74) is 6.43. The lowest BCUT2D eigenvalue weighted by atomic mass is 9.90. The third kappa shape index (κ3) is 4.33. The van der Waals surface area contributed by atoms with Crippen molar-refractivity contribution in [3.05, 3.63) is 22.3 Å². The molecule has 0 saturated carbocycles. The third-order valence-corrected chi connectivity index (χ3v) is 4.14. The Morgan fingerprint density at radius 1 is 1.43 bits per heavy atom. The Balaban J connectivity index is 1.94. The summed E-state index contributed by atoms with van der Waals surface area (Å²) in [6.45, 7) is 7.07. The van der Waals surface area contributed by atoms with Crippen molar-refractivity contribution >= 4 is 27.8 Å². The van der Waals surface area contributed by atoms with Gasteiger partial charge in [-0.1, -0.05) is 0 Å². The van der Waals surface area contributed by atoms with Gasteiger partial charge in [-0.3, -0.25) is 0 Å². The molecule has 0 aliphatic carbocycles. The molecule has 0 aromatic carbocycles. The molecule has 0 spiro atoms. The van der Waals surface area contributed by atoms with Crippen LogP contribution in [0.2, 0.25) is 0 Å². The van der Waals surface area contributed by atoms with Crippen LogP contribution >= 0.6 is 15.9 Å². The van der Waals surface area contributed by atoms with E-state index in [1.807, 2.05) is 33.0 Å². The summed E-state index contributed by atoms with van der Waals surface area (Å²) in [6.07, 6.45) is 3.43. The summed E-state index contributed by atoms with van der Waals surface area (Å²) in [7, 11) is 0. The predicted molar refractivity (Wildman–Crippen MR) is 86.1 cm³/mol. The monoisotopic (exact) mass is 355 g/mol. The number of nitrogens with zero attached hydrogens (tertiary/aromatic N) is 2. The van der Waals surface area contributed by atoms with E-state index in [0.717, 1.165) is 17.3 Å². The topological polar surface area (TPSA) is 68.5 Å². The van der Waals surface area contributed by atoms with E-state index >= 15 is 0 Å². The Kier molecular flexibility index (Phi) is 4.76. The van der Waals surface area contributed by atoms with E-state index in [4.69, 9.17) is 10.5 Å². The number of halogens is 1. The Hall–Kier alpha value is -1.30. The van der Waals surface area contributed by atoms with Gasteiger partial charge in [0.15, 0.2) is 0 Å². The molecule has 0 unspecified atom stereocenters. The van der Waals surface area contributed by atoms with Crippen molar-refractivity contribution in [1.29, 1.82) is 0 Å². The zero-order valence-electron chi connectivity index (χ0n) is 12.7. The van der Waals surface area contributed by atoms with Crippen LogP contribution in [0.15, 0.2) is 16.7 Å². The minimum atomic E-state index is -0.445. The number of nitrogen functional groups attached to an aromatic ring is 1. The average Bonchev–Trinajstić information content (AvgIpc) is 2.40. The first-order valence-electron chi connectivity index (χ1n) is 7.15. The molecule has 5 nitrogen and oxygen atoms in total. The highest BCUT2D eigenvalue weighted by molar-refractivity contribution is 9.10. The maximum absolute atomic E-state index is 12.0. The van der Waals surface area contributed by atoms with Crippen molar-refractivity contribution in [2.45, 2.75) is 45.1 Å². The number of nitrogens with two attached hydrogens (primary N) is 1. The van der Waals surface area contributed by atoms with E-state index in [9.17, 15) is 4.79 Å². The van der Waals surface area contributed by atoms with Crippen molar-refractivity contribution in [2.24, 2.45) is 0 Å². The molecular formula is C15H22BrN3O2. The SMILES string of the molecule is CC(C)(C)OC(=O)N1CCC(c2cnc(N)c(Br)c2)CC1. The van der Waals surface area contributed by atoms with Gasteiger partial charge in [0.25, 0.3) is 0 Å². The highest BCUT2D eigenvalue weighted by Crippen LogP contribution is 2.31. The first-order valence-corrected chi connectivity index (χ1v) is 7.94. The minimum Gasteiger partial charge on any atom is -0.444 e. The van der Waals surface area contributed by atoms with Gasteiger partial charge in [-0.15, -0.1) is 0 Å². The van der Waals surface area contributed by atoms with E-state index in [1.54, 1.807) is 4.90 Å². The third-order valence-electron chi connectivity index (χ3n) is 3.51. The second kappa shape index (κ2) is 6.22. The molecule has 2 rings (SSSR count). The number of anilines is 1. The molecule has 116 valence electrons. The standard InChI is InChI=1S/C15H22BrN3O2/c1-15(2,3)21-14(20)19-6-4-10(5-7-19)11-8-12(16)13(17)18-9-11/h8-10H,4-7H2,1-3H3,(H2,17,18). The van der Waals surface area contributed by atoms with Gasteiger partial charge in [0, 0.05) is 19.3 Å². The van der Waals surface area contributed by atoms with Gasteiger partial charge in [-0.05, 0) is 67.1 Å². The van der Waals surface area contributed by atoms with Gasteiger partial charge in [0.2, 0.25) is 0 Å². The molecule has 1 fully saturated rings. The molecule has 1 aromatic heterocycles. The Morgan fingerprint density at radius 3 is 2.57 bits per heavy atom. The van der Waals surface area contributed by atoms with Crippen molar-refractivity contribution in [2.75, 3.05) is 18.8 Å². The number of rotatable bonds is 1. The van der Waals surface area contributed by atoms with E-state index in [-0.39, 0.29) is 6.09 Å². The van der Waals surface area contributed by atoms with Gasteiger partial charge >= 0.3 is 6.09 Å². The van der Waals surface area contributed by atoms with Gasteiger partial charge in [0.05, 0.1) is 4.47 Å². The lowest BCUT2D eigenvalue weighted by Crippen LogP contribution is -2.41. The maximum atomic E-state index is 12.0. The van der Waals surface area contributed by atoms with Gasteiger partial charge in [0.1, 0.15) is 11.4 Å². The summed E-state index contributed by atoms with van der Waals surface area (Å²) in [4.78, 5) is 18.0. The Morgan fingerprint density at radius 2 is 2.05 bits per heavy atom. The van der Waals surface area contributed by atoms with Crippen LogP contribution in [-0.4, -0.2) is 34.7 Å². The van der Waals surface area contributed by atoms with Crippen molar-refractivity contribution < 1.29 is 9.53 Å². The van der Waals surface area contributed by atoms with Crippen LogP contribution in [0.3, 0.4) is 0 Å². The van der Waals surface area contributed by atoms with Crippen LogP contribution < -0.4 is 5.73 Å². The second-order valence-corrected chi connectivity index (χ2v) is 7.23. The Bertz CT molecular complexity index is 520. The van der Waals surface area contributed by atoms with Crippen LogP contribution in [-0.2, 0) is 4.74 Å². The fourth-order valence-electron chi connectivity index (χ4n) is 2.41.